The third-order valence-corrected chi connectivity index (χ3v) is 7.76. The Labute approximate surface area is 224 Å². The molecule has 0 unspecified atom stereocenters. The van der Waals surface area contributed by atoms with Crippen LogP contribution in [0.25, 0.3) is 22.2 Å². The van der Waals surface area contributed by atoms with E-state index in [-0.39, 0.29) is 12.8 Å². The van der Waals surface area contributed by atoms with Gasteiger partial charge in [-0.25, -0.2) is 4.98 Å². The number of benzene rings is 2. The van der Waals surface area contributed by atoms with Gasteiger partial charge in [-0.05, 0) is 110 Å². The van der Waals surface area contributed by atoms with Crippen molar-refractivity contribution >= 4 is 22.2 Å². The zero-order valence-electron chi connectivity index (χ0n) is 22.7. The molecule has 0 spiro atoms. The molecule has 2 aliphatic rings. The third-order valence-electron chi connectivity index (χ3n) is 7.76. The molecule has 0 saturated carbocycles. The second-order valence-electron chi connectivity index (χ2n) is 10.6. The number of hydrogen-bond acceptors (Lipinski definition) is 4. The molecular weight excluding hydrogens is 477 g/mol. The summed E-state index contributed by atoms with van der Waals surface area (Å²) in [6, 6.07) is 12.3. The summed E-state index contributed by atoms with van der Waals surface area (Å²) in [6.07, 6.45) is 10.7. The number of alkyl halides is 1. The maximum absolute atomic E-state index is 12.5. The van der Waals surface area contributed by atoms with Gasteiger partial charge in [-0.1, -0.05) is 18.2 Å². The quantitative estimate of drug-likeness (QED) is 0.264. The van der Waals surface area contributed by atoms with Crippen molar-refractivity contribution in [3.05, 3.63) is 82.9 Å². The minimum absolute atomic E-state index is 0.154. The lowest BCUT2D eigenvalue weighted by atomic mass is 9.88. The highest BCUT2D eigenvalue weighted by molar-refractivity contribution is 6.00. The number of halogens is 1. The zero-order valence-corrected chi connectivity index (χ0v) is 22.7. The Hall–Kier alpha value is -3.38. The van der Waals surface area contributed by atoms with Crippen molar-refractivity contribution in [1.82, 2.24) is 14.5 Å². The molecule has 1 saturated heterocycles. The van der Waals surface area contributed by atoms with E-state index in [4.69, 9.17) is 4.74 Å². The van der Waals surface area contributed by atoms with E-state index in [9.17, 15) is 9.50 Å². The number of aromatic hydroxyl groups is 1. The van der Waals surface area contributed by atoms with Gasteiger partial charge in [0, 0.05) is 26.7 Å². The Balaban J connectivity index is 1.48. The molecule has 200 valence electrons. The van der Waals surface area contributed by atoms with Crippen molar-refractivity contribution in [3.8, 4) is 5.75 Å². The third kappa shape index (κ3) is 5.70. The Morgan fingerprint density at radius 2 is 2.03 bits per heavy atom. The van der Waals surface area contributed by atoms with Gasteiger partial charge in [-0.3, -0.25) is 9.29 Å². The molecule has 38 heavy (non-hydrogen) atoms. The largest absolute Gasteiger partial charge is 0.508 e. The Bertz CT molecular complexity index is 1400. The summed E-state index contributed by atoms with van der Waals surface area (Å²) >= 11 is 0. The fraction of sp³-hybridized carbons (Fsp3) is 0.406. The summed E-state index contributed by atoms with van der Waals surface area (Å²) in [5, 5.41) is 10.2. The first kappa shape index (κ1) is 26.2. The molecule has 0 amide bonds. The smallest absolute Gasteiger partial charge is 0.115 e. The standard InChI is InChI=1S/C32H38FN3O2/c1-22(8-9-23(2)38-27-14-17-36(20-27)16-5-15-33)32-28(7-4-6-24-18-26(37)11-12-29(24)32)25-10-13-31-30(19-25)34-21-35(31)3/h8-13,18-19,21,27,37H,4-7,14-17,20H2,1-3H3/b22-8+,23-9+/t27-/m0/s1. The lowest BCUT2D eigenvalue weighted by Crippen LogP contribution is -2.24. The number of aromatic nitrogens is 2. The van der Waals surface area contributed by atoms with E-state index >= 15 is 0 Å². The van der Waals surface area contributed by atoms with E-state index in [2.05, 4.69) is 53.2 Å². The van der Waals surface area contributed by atoms with Crippen LogP contribution in [-0.2, 0) is 18.2 Å². The molecule has 1 aliphatic carbocycles. The molecule has 2 aromatic carbocycles. The summed E-state index contributed by atoms with van der Waals surface area (Å²) in [6.45, 7) is 6.53. The van der Waals surface area contributed by atoms with Crippen molar-refractivity contribution < 1.29 is 14.2 Å². The average molecular weight is 516 g/mol. The number of allylic oxidation sites excluding steroid dienone is 6. The minimum atomic E-state index is -0.263. The maximum atomic E-state index is 12.5. The van der Waals surface area contributed by atoms with Crippen LogP contribution < -0.4 is 0 Å². The van der Waals surface area contributed by atoms with Gasteiger partial charge < -0.3 is 14.4 Å². The second kappa shape index (κ2) is 11.6. The molecule has 3 aromatic rings. The normalized spacial score (nSPS) is 19.2. The average Bonchev–Trinajstić information content (AvgIpc) is 3.46. The van der Waals surface area contributed by atoms with Gasteiger partial charge in [0.2, 0.25) is 0 Å². The predicted molar refractivity (Wildman–Crippen MR) is 153 cm³/mol. The Morgan fingerprint density at radius 1 is 1.16 bits per heavy atom. The van der Waals surface area contributed by atoms with Crippen LogP contribution in [-0.4, -0.2) is 52.0 Å². The highest BCUT2D eigenvalue weighted by Crippen LogP contribution is 2.41. The number of ether oxygens (including phenoxy) is 1. The molecular formula is C32H38FN3O2. The number of nitrogens with zero attached hydrogens (tertiary/aromatic N) is 3. The predicted octanol–water partition coefficient (Wildman–Crippen LogP) is 6.83. The van der Waals surface area contributed by atoms with Crippen LogP contribution in [0.2, 0.25) is 0 Å². The summed E-state index contributed by atoms with van der Waals surface area (Å²) in [4.78, 5) is 6.88. The number of phenolic OH excluding ortho intramolecular Hbond substituents is 1. The lowest BCUT2D eigenvalue weighted by Gasteiger charge is -2.18. The summed E-state index contributed by atoms with van der Waals surface area (Å²) in [5.41, 5.74) is 9.35. The van der Waals surface area contributed by atoms with Gasteiger partial charge in [-0.15, -0.1) is 0 Å². The molecule has 1 atom stereocenters. The van der Waals surface area contributed by atoms with Crippen LogP contribution in [0.5, 0.6) is 5.75 Å². The van der Waals surface area contributed by atoms with Crippen molar-refractivity contribution in [2.75, 3.05) is 26.3 Å². The second-order valence-corrected chi connectivity index (χ2v) is 10.6. The van der Waals surface area contributed by atoms with E-state index < -0.39 is 0 Å². The fourth-order valence-electron chi connectivity index (χ4n) is 5.84. The molecule has 1 aromatic heterocycles. The van der Waals surface area contributed by atoms with Crippen LogP contribution >= 0.6 is 0 Å². The Kier molecular flexibility index (Phi) is 7.98. The van der Waals surface area contributed by atoms with Crippen LogP contribution in [0.3, 0.4) is 0 Å². The van der Waals surface area contributed by atoms with E-state index in [1.54, 1.807) is 6.07 Å². The van der Waals surface area contributed by atoms with Crippen LogP contribution in [0, 0.1) is 0 Å². The molecule has 0 radical (unpaired) electrons. The first-order valence-electron chi connectivity index (χ1n) is 13.7. The number of phenols is 1. The van der Waals surface area contributed by atoms with Gasteiger partial charge >= 0.3 is 0 Å². The van der Waals surface area contributed by atoms with E-state index in [0.29, 0.717) is 12.2 Å². The van der Waals surface area contributed by atoms with Crippen LogP contribution in [0.4, 0.5) is 4.39 Å². The number of imidazole rings is 1. The molecule has 0 bridgehead atoms. The SMILES string of the molecule is C/C(=C\C=C(/C)C1=C(c2ccc3c(c2)ncn3C)CCCc2cc(O)ccc21)O[C@H]1CCN(CCCF)C1. The monoisotopic (exact) mass is 515 g/mol. The van der Waals surface area contributed by atoms with Gasteiger partial charge in [0.1, 0.15) is 11.9 Å². The van der Waals surface area contributed by atoms with Crippen molar-refractivity contribution in [2.45, 2.75) is 52.1 Å². The van der Waals surface area contributed by atoms with E-state index in [0.717, 1.165) is 67.7 Å². The zero-order chi connectivity index (χ0) is 26.6. The number of likely N-dealkylation sites (tertiary alicyclic amines) is 1. The van der Waals surface area contributed by atoms with Gasteiger partial charge in [0.05, 0.1) is 29.8 Å². The first-order valence-corrected chi connectivity index (χ1v) is 13.7. The van der Waals surface area contributed by atoms with Gasteiger partial charge in [-0.2, -0.15) is 0 Å². The summed E-state index contributed by atoms with van der Waals surface area (Å²) in [7, 11) is 2.02. The van der Waals surface area contributed by atoms with Crippen molar-refractivity contribution in [2.24, 2.45) is 7.05 Å². The molecule has 6 heteroatoms. The first-order chi connectivity index (χ1) is 18.4. The fourth-order valence-corrected chi connectivity index (χ4v) is 5.84. The molecule has 1 N–H and O–H groups in total. The van der Waals surface area contributed by atoms with Crippen molar-refractivity contribution in [3.63, 3.8) is 0 Å². The summed E-state index contributed by atoms with van der Waals surface area (Å²) in [5.74, 6) is 1.20. The highest BCUT2D eigenvalue weighted by atomic mass is 19.1. The number of aryl methyl sites for hydroxylation is 2. The van der Waals surface area contributed by atoms with Gasteiger partial charge in [0.25, 0.3) is 0 Å². The molecule has 1 fully saturated rings. The number of hydrogen-bond donors (Lipinski definition) is 1. The molecule has 2 heterocycles. The summed E-state index contributed by atoms with van der Waals surface area (Å²) < 4.78 is 20.8. The highest BCUT2D eigenvalue weighted by Gasteiger charge is 2.24. The van der Waals surface area contributed by atoms with Crippen LogP contribution in [0.1, 0.15) is 56.2 Å². The molecule has 1 aliphatic heterocycles. The minimum Gasteiger partial charge on any atom is -0.508 e. The van der Waals surface area contributed by atoms with E-state index in [1.165, 1.54) is 27.8 Å². The Morgan fingerprint density at radius 3 is 2.87 bits per heavy atom. The number of fused-ring (bicyclic) bond motifs is 2. The molecule has 5 rings (SSSR count). The molecule has 5 nitrogen and oxygen atoms in total. The maximum Gasteiger partial charge on any atom is 0.115 e. The number of rotatable bonds is 8. The lowest BCUT2D eigenvalue weighted by molar-refractivity contribution is 0.121. The van der Waals surface area contributed by atoms with E-state index in [1.807, 2.05) is 30.9 Å². The van der Waals surface area contributed by atoms with Crippen LogP contribution in [0.15, 0.2) is 66.2 Å². The topological polar surface area (TPSA) is 50.5 Å². The van der Waals surface area contributed by atoms with Crippen molar-refractivity contribution in [1.29, 1.82) is 0 Å². The van der Waals surface area contributed by atoms with Gasteiger partial charge in [0.15, 0.2) is 0 Å².